The van der Waals surface area contributed by atoms with Crippen molar-refractivity contribution in [3.63, 3.8) is 0 Å². The van der Waals surface area contributed by atoms with Crippen LogP contribution in [0.1, 0.15) is 28.4 Å². The van der Waals surface area contributed by atoms with Gasteiger partial charge in [-0.3, -0.25) is 0 Å². The molecule has 3 rings (SSSR count). The lowest BCUT2D eigenvalue weighted by atomic mass is 10.1. The average Bonchev–Trinajstić information content (AvgIpc) is 2.78. The van der Waals surface area contributed by atoms with Crippen molar-refractivity contribution < 1.29 is 24.1 Å². The van der Waals surface area contributed by atoms with E-state index in [4.69, 9.17) is 49.0 Å². The van der Waals surface area contributed by atoms with Crippen molar-refractivity contribution in [2.45, 2.75) is 20.1 Å². The van der Waals surface area contributed by atoms with Crippen LogP contribution in [0, 0.1) is 0 Å². The Morgan fingerprint density at radius 2 is 1.64 bits per heavy atom. The first-order valence-electron chi connectivity index (χ1n) is 9.99. The summed E-state index contributed by atoms with van der Waals surface area (Å²) in [6, 6.07) is 13.2. The van der Waals surface area contributed by atoms with Crippen molar-refractivity contribution >= 4 is 46.5 Å². The van der Waals surface area contributed by atoms with Crippen molar-refractivity contribution in [2.75, 3.05) is 19.0 Å². The molecule has 3 aromatic carbocycles. The molecule has 0 aliphatic rings. The molecule has 9 heteroatoms. The smallest absolute Gasteiger partial charge is 0.335 e. The van der Waals surface area contributed by atoms with Gasteiger partial charge in [-0.15, -0.1) is 0 Å². The fraction of sp³-hybridized carbons (Fsp3) is 0.208. The number of hydrogen-bond acceptors (Lipinski definition) is 5. The quantitative estimate of drug-likeness (QED) is 0.307. The first-order valence-corrected chi connectivity index (χ1v) is 11.1. The van der Waals surface area contributed by atoms with Gasteiger partial charge in [0.15, 0.2) is 11.5 Å². The van der Waals surface area contributed by atoms with Crippen LogP contribution in [0.15, 0.2) is 48.5 Å². The average molecular weight is 511 g/mol. The highest BCUT2D eigenvalue weighted by atomic mass is 35.5. The van der Waals surface area contributed by atoms with Crippen molar-refractivity contribution in [2.24, 2.45) is 0 Å². The summed E-state index contributed by atoms with van der Waals surface area (Å²) in [5, 5.41) is 13.9. The minimum atomic E-state index is -1.03. The molecule has 33 heavy (non-hydrogen) atoms. The topological polar surface area (TPSA) is 77.0 Å². The van der Waals surface area contributed by atoms with Crippen molar-refractivity contribution in [3.05, 3.63) is 80.3 Å². The summed E-state index contributed by atoms with van der Waals surface area (Å²) < 4.78 is 17.0. The Morgan fingerprint density at radius 1 is 0.909 bits per heavy atom. The number of ether oxygens (including phenoxy) is 3. The van der Waals surface area contributed by atoms with E-state index in [1.54, 1.807) is 36.4 Å². The molecule has 0 bridgehead atoms. The number of anilines is 1. The largest absolute Gasteiger partial charge is 0.495 e. The van der Waals surface area contributed by atoms with Crippen LogP contribution in [0.25, 0.3) is 0 Å². The van der Waals surface area contributed by atoms with Gasteiger partial charge in [0.1, 0.15) is 12.4 Å². The first kappa shape index (κ1) is 24.8. The molecule has 174 valence electrons. The summed E-state index contributed by atoms with van der Waals surface area (Å²) in [5.41, 5.74) is 2.18. The van der Waals surface area contributed by atoms with E-state index in [1.165, 1.54) is 19.2 Å². The highest BCUT2D eigenvalue weighted by Crippen LogP contribution is 2.36. The number of hydrogen-bond donors (Lipinski definition) is 2. The van der Waals surface area contributed by atoms with E-state index >= 15 is 0 Å². The minimum absolute atomic E-state index is 0.143. The molecule has 0 saturated carbocycles. The number of halogens is 3. The van der Waals surface area contributed by atoms with Crippen LogP contribution in [-0.4, -0.2) is 24.8 Å². The zero-order valence-electron chi connectivity index (χ0n) is 18.0. The van der Waals surface area contributed by atoms with E-state index in [1.807, 2.05) is 6.92 Å². The number of carboxylic acids is 1. The Hall–Kier alpha value is -2.80. The third-order valence-corrected chi connectivity index (χ3v) is 5.67. The number of carboxylic acid groups (broad SMARTS) is 1. The molecule has 0 aliphatic carbocycles. The number of aromatic carboxylic acids is 1. The molecule has 0 aliphatic heterocycles. The number of methoxy groups -OCH3 is 1. The van der Waals surface area contributed by atoms with E-state index in [-0.39, 0.29) is 12.2 Å². The van der Waals surface area contributed by atoms with Gasteiger partial charge in [0.2, 0.25) is 0 Å². The normalized spacial score (nSPS) is 10.6. The SMILES string of the molecule is CCOc1cc(CNc2cc(C(=O)O)ccc2OC)c(Cl)cc1OCc1ccc(Cl)cc1Cl. The number of nitrogens with one attached hydrogen (secondary N) is 1. The molecular weight excluding hydrogens is 489 g/mol. The fourth-order valence-corrected chi connectivity index (χ4v) is 3.74. The molecule has 0 unspecified atom stereocenters. The van der Waals surface area contributed by atoms with Gasteiger partial charge in [-0.25, -0.2) is 4.79 Å². The predicted octanol–water partition coefficient (Wildman–Crippen LogP) is 6.94. The zero-order valence-corrected chi connectivity index (χ0v) is 20.2. The highest BCUT2D eigenvalue weighted by Gasteiger charge is 2.14. The lowest BCUT2D eigenvalue weighted by Gasteiger charge is -2.17. The van der Waals surface area contributed by atoms with Crippen molar-refractivity contribution in [1.29, 1.82) is 0 Å². The van der Waals surface area contributed by atoms with Crippen LogP contribution in [0.5, 0.6) is 17.2 Å². The molecule has 0 saturated heterocycles. The second kappa shape index (κ2) is 11.4. The Kier molecular flexibility index (Phi) is 8.55. The summed E-state index contributed by atoms with van der Waals surface area (Å²) in [5.74, 6) is 0.484. The number of rotatable bonds is 10. The lowest BCUT2D eigenvalue weighted by Crippen LogP contribution is -2.06. The van der Waals surface area contributed by atoms with Gasteiger partial charge in [-0.1, -0.05) is 40.9 Å². The Morgan fingerprint density at radius 3 is 2.30 bits per heavy atom. The second-order valence-electron chi connectivity index (χ2n) is 6.92. The maximum absolute atomic E-state index is 11.3. The van der Waals surface area contributed by atoms with Crippen molar-refractivity contribution in [3.8, 4) is 17.2 Å². The standard InChI is InChI=1S/C24H22Cl3NO5/c1-3-32-22-9-16(12-28-20-8-14(24(29)30)5-7-21(20)31-2)19(27)11-23(22)33-13-15-4-6-17(25)10-18(15)26/h4-11,28H,3,12-13H2,1-2H3,(H,29,30). The maximum atomic E-state index is 11.3. The molecule has 0 radical (unpaired) electrons. The van der Waals surface area contributed by atoms with Crippen LogP contribution < -0.4 is 19.5 Å². The summed E-state index contributed by atoms with van der Waals surface area (Å²) in [7, 11) is 1.51. The molecule has 0 atom stereocenters. The molecule has 0 amide bonds. The molecular formula is C24H22Cl3NO5. The van der Waals surface area contributed by atoms with Crippen LogP contribution in [-0.2, 0) is 13.2 Å². The predicted molar refractivity (Wildman–Crippen MR) is 131 cm³/mol. The Bertz CT molecular complexity index is 1150. The van der Waals surface area contributed by atoms with Crippen LogP contribution in [0.4, 0.5) is 5.69 Å². The summed E-state index contributed by atoms with van der Waals surface area (Å²) in [4.78, 5) is 11.3. The third-order valence-electron chi connectivity index (χ3n) is 4.73. The number of benzene rings is 3. The van der Waals surface area contributed by atoms with Crippen LogP contribution >= 0.6 is 34.8 Å². The van der Waals surface area contributed by atoms with Gasteiger partial charge in [-0.05, 0) is 48.9 Å². The number of carbonyl (C=O) groups is 1. The van der Waals surface area contributed by atoms with Gasteiger partial charge < -0.3 is 24.6 Å². The maximum Gasteiger partial charge on any atom is 0.335 e. The van der Waals surface area contributed by atoms with E-state index in [0.29, 0.717) is 51.2 Å². The van der Waals surface area contributed by atoms with Gasteiger partial charge in [-0.2, -0.15) is 0 Å². The van der Waals surface area contributed by atoms with E-state index in [0.717, 1.165) is 11.1 Å². The molecule has 0 fully saturated rings. The van der Waals surface area contributed by atoms with E-state index < -0.39 is 5.97 Å². The van der Waals surface area contributed by atoms with Gasteiger partial charge in [0, 0.05) is 33.2 Å². The summed E-state index contributed by atoms with van der Waals surface area (Å²) >= 11 is 18.7. The zero-order chi connectivity index (χ0) is 24.0. The lowest BCUT2D eigenvalue weighted by molar-refractivity contribution is 0.0697. The molecule has 3 aromatic rings. The summed E-state index contributed by atoms with van der Waals surface area (Å²) in [6.45, 7) is 2.82. The van der Waals surface area contributed by atoms with Gasteiger partial charge >= 0.3 is 5.97 Å². The fourth-order valence-electron chi connectivity index (χ4n) is 3.06. The van der Waals surface area contributed by atoms with Gasteiger partial charge in [0.05, 0.1) is 25.0 Å². The first-order chi connectivity index (χ1) is 15.8. The van der Waals surface area contributed by atoms with E-state index in [9.17, 15) is 9.90 Å². The second-order valence-corrected chi connectivity index (χ2v) is 8.17. The minimum Gasteiger partial charge on any atom is -0.495 e. The van der Waals surface area contributed by atoms with E-state index in [2.05, 4.69) is 5.32 Å². The highest BCUT2D eigenvalue weighted by molar-refractivity contribution is 6.35. The Labute approximate surface area is 206 Å². The van der Waals surface area contributed by atoms with Crippen LogP contribution in [0.3, 0.4) is 0 Å². The molecule has 0 heterocycles. The molecule has 6 nitrogen and oxygen atoms in total. The Balaban J connectivity index is 1.81. The monoisotopic (exact) mass is 509 g/mol. The molecule has 2 N–H and O–H groups in total. The molecule has 0 spiro atoms. The molecule has 0 aromatic heterocycles. The van der Waals surface area contributed by atoms with Crippen LogP contribution in [0.2, 0.25) is 15.1 Å². The van der Waals surface area contributed by atoms with Gasteiger partial charge in [0.25, 0.3) is 0 Å². The summed E-state index contributed by atoms with van der Waals surface area (Å²) in [6.07, 6.45) is 0. The van der Waals surface area contributed by atoms with Crippen molar-refractivity contribution in [1.82, 2.24) is 0 Å². The third kappa shape index (κ3) is 6.38.